The normalized spacial score (nSPS) is 20.2. The molecule has 0 aromatic heterocycles. The van der Waals surface area contributed by atoms with Gasteiger partial charge in [0.2, 0.25) is 5.70 Å². The lowest BCUT2D eigenvalue weighted by atomic mass is 9.82. The highest BCUT2D eigenvalue weighted by Crippen LogP contribution is 2.45. The molecule has 1 N–H and O–H groups in total. The van der Waals surface area contributed by atoms with E-state index >= 15 is 0 Å². The lowest BCUT2D eigenvalue weighted by Crippen LogP contribution is -2.48. The zero-order valence-electron chi connectivity index (χ0n) is 17.5. The molecule has 4 rings (SSSR count). The van der Waals surface area contributed by atoms with Crippen molar-refractivity contribution >= 4 is 5.91 Å². The van der Waals surface area contributed by atoms with Crippen LogP contribution in [0, 0.1) is 24.0 Å². The van der Waals surface area contributed by atoms with Crippen LogP contribution in [0.25, 0.3) is 0 Å². The largest absolute Gasteiger partial charge is 0.393 e. The summed E-state index contributed by atoms with van der Waals surface area (Å²) in [6.45, 7) is 3.87. The molecule has 0 spiro atoms. The molecule has 6 heteroatoms. The second-order valence-corrected chi connectivity index (χ2v) is 8.09. The predicted octanol–water partition coefficient (Wildman–Crippen LogP) is 4.04. The number of carbonyl (C=O) groups excluding carboxylic acids is 1. The maximum absolute atomic E-state index is 13.5. The molecule has 0 fully saturated rings. The quantitative estimate of drug-likeness (QED) is 0.589. The van der Waals surface area contributed by atoms with E-state index in [1.165, 1.54) is 6.08 Å². The van der Waals surface area contributed by atoms with Gasteiger partial charge in [-0.2, -0.15) is 0 Å². The van der Waals surface area contributed by atoms with Crippen molar-refractivity contribution in [2.24, 2.45) is 0 Å². The number of amides is 1. The molecular weight excluding hydrogens is 392 g/mol. The molecule has 6 nitrogen and oxygen atoms in total. The number of hydrogen-bond acceptors (Lipinski definition) is 4. The molecule has 1 heterocycles. The summed E-state index contributed by atoms with van der Waals surface area (Å²) < 4.78 is 0. The summed E-state index contributed by atoms with van der Waals surface area (Å²) in [5.41, 5.74) is 4.08. The van der Waals surface area contributed by atoms with Crippen LogP contribution >= 0.6 is 0 Å². The minimum atomic E-state index is -1.02. The fraction of sp³-hybridized carbons (Fsp3) is 0.240. The molecule has 1 aliphatic heterocycles. The van der Waals surface area contributed by atoms with Gasteiger partial charge in [-0.1, -0.05) is 65.8 Å². The van der Waals surface area contributed by atoms with Gasteiger partial charge >= 0.3 is 0 Å². The molecule has 1 aliphatic carbocycles. The molecule has 2 aromatic rings. The number of benzene rings is 2. The van der Waals surface area contributed by atoms with Gasteiger partial charge in [-0.25, -0.2) is 0 Å². The molecule has 1 atom stereocenters. The number of aryl methyl sites for hydroxylation is 2. The fourth-order valence-corrected chi connectivity index (χ4v) is 4.35. The highest BCUT2D eigenvalue weighted by Gasteiger charge is 2.50. The number of rotatable bonds is 5. The third kappa shape index (κ3) is 3.49. The topological polar surface area (TPSA) is 83.7 Å². The van der Waals surface area contributed by atoms with Crippen molar-refractivity contribution in [1.82, 2.24) is 4.90 Å². The average Bonchev–Trinajstić information content (AvgIpc) is 2.90. The molecular formula is C25H24N2O4. The molecule has 31 heavy (non-hydrogen) atoms. The van der Waals surface area contributed by atoms with E-state index in [0.29, 0.717) is 5.56 Å². The number of nitrogens with zero attached hydrogens (tertiary/aromatic N) is 2. The van der Waals surface area contributed by atoms with Gasteiger partial charge in [-0.3, -0.25) is 14.9 Å². The molecule has 2 aromatic carbocycles. The smallest absolute Gasteiger partial charge is 0.255 e. The van der Waals surface area contributed by atoms with Crippen LogP contribution in [0.1, 0.15) is 39.0 Å². The third-order valence-electron chi connectivity index (χ3n) is 6.04. The molecule has 158 valence electrons. The lowest BCUT2D eigenvalue weighted by molar-refractivity contribution is -0.426. The molecule has 1 amide bonds. The van der Waals surface area contributed by atoms with Crippen molar-refractivity contribution in [2.75, 3.05) is 13.2 Å². The Morgan fingerprint density at radius 2 is 1.81 bits per heavy atom. The molecule has 0 bridgehead atoms. The van der Waals surface area contributed by atoms with Gasteiger partial charge in [-0.05, 0) is 36.6 Å². The van der Waals surface area contributed by atoms with Crippen molar-refractivity contribution in [2.45, 2.75) is 25.8 Å². The van der Waals surface area contributed by atoms with E-state index < -0.39 is 10.5 Å². The van der Waals surface area contributed by atoms with Crippen molar-refractivity contribution in [3.63, 3.8) is 0 Å². The number of aliphatic hydroxyl groups excluding tert-OH is 1. The Bertz CT molecular complexity index is 1140. The van der Waals surface area contributed by atoms with Gasteiger partial charge in [0.25, 0.3) is 5.91 Å². The Hall–Kier alpha value is -3.51. The van der Waals surface area contributed by atoms with Crippen molar-refractivity contribution in [3.05, 3.63) is 116 Å². The van der Waals surface area contributed by atoms with Crippen LogP contribution in [0.5, 0.6) is 0 Å². The van der Waals surface area contributed by atoms with Gasteiger partial charge in [0.1, 0.15) is 5.54 Å². The summed E-state index contributed by atoms with van der Waals surface area (Å²) in [5.74, 6) is -0.162. The summed E-state index contributed by atoms with van der Waals surface area (Å²) in [7, 11) is 0. The number of fused-ring (bicyclic) bond motifs is 1. The minimum Gasteiger partial charge on any atom is -0.393 e. The first kappa shape index (κ1) is 20.8. The van der Waals surface area contributed by atoms with Crippen molar-refractivity contribution in [1.29, 1.82) is 0 Å². The SMILES string of the molecule is Cc1ccc(C2(CO)c3ccc(C)cc3C(=O)N2CC2=CC=C([N+](=O)[O-])CC=C2)cc1. The summed E-state index contributed by atoms with van der Waals surface area (Å²) in [4.78, 5) is 26.0. The van der Waals surface area contributed by atoms with Crippen molar-refractivity contribution in [3.8, 4) is 0 Å². The summed E-state index contributed by atoms with van der Waals surface area (Å²) in [5, 5.41) is 21.8. The number of hydrogen-bond donors (Lipinski definition) is 1. The van der Waals surface area contributed by atoms with Crippen LogP contribution in [-0.4, -0.2) is 34.0 Å². The lowest BCUT2D eigenvalue weighted by Gasteiger charge is -2.38. The molecule has 0 saturated heterocycles. The first-order valence-corrected chi connectivity index (χ1v) is 10.2. The first-order chi connectivity index (χ1) is 14.9. The number of carbonyl (C=O) groups is 1. The van der Waals surface area contributed by atoms with E-state index in [-0.39, 0.29) is 31.2 Å². The molecule has 0 saturated carbocycles. The Morgan fingerprint density at radius 3 is 2.48 bits per heavy atom. The Kier molecular flexibility index (Phi) is 5.33. The Morgan fingerprint density at radius 1 is 1.10 bits per heavy atom. The van der Waals surface area contributed by atoms with Crippen LogP contribution < -0.4 is 0 Å². The van der Waals surface area contributed by atoms with Gasteiger partial charge in [0.05, 0.1) is 18.0 Å². The maximum atomic E-state index is 13.5. The number of aliphatic hydroxyl groups is 1. The summed E-state index contributed by atoms with van der Waals surface area (Å²) >= 11 is 0. The monoisotopic (exact) mass is 416 g/mol. The Balaban J connectivity index is 1.84. The van der Waals surface area contributed by atoms with Crippen LogP contribution in [-0.2, 0) is 5.54 Å². The standard InChI is InChI=1S/C25H24N2O4/c1-17-6-10-20(11-7-17)25(16-28)23-13-8-18(2)14-22(23)24(29)26(25)15-19-4-3-5-21(12-9-19)27(30)31/h3-4,6-14,28H,5,15-16H2,1-2H3. The molecule has 1 unspecified atom stereocenters. The van der Waals surface area contributed by atoms with Crippen LogP contribution in [0.15, 0.2) is 78.0 Å². The molecule has 2 aliphatic rings. The van der Waals surface area contributed by atoms with Gasteiger partial charge in [0, 0.05) is 18.2 Å². The van der Waals surface area contributed by atoms with Crippen molar-refractivity contribution < 1.29 is 14.8 Å². The summed E-state index contributed by atoms with van der Waals surface area (Å²) in [6.07, 6.45) is 6.94. The van der Waals surface area contributed by atoms with Crippen LogP contribution in [0.4, 0.5) is 0 Å². The predicted molar refractivity (Wildman–Crippen MR) is 118 cm³/mol. The number of allylic oxidation sites excluding steroid dienone is 3. The first-order valence-electron chi connectivity index (χ1n) is 10.2. The minimum absolute atomic E-state index is 0.102. The zero-order valence-corrected chi connectivity index (χ0v) is 17.5. The number of nitro groups is 1. The van der Waals surface area contributed by atoms with E-state index in [2.05, 4.69) is 0 Å². The second-order valence-electron chi connectivity index (χ2n) is 8.09. The fourth-order valence-electron chi connectivity index (χ4n) is 4.35. The third-order valence-corrected chi connectivity index (χ3v) is 6.04. The highest BCUT2D eigenvalue weighted by molar-refractivity contribution is 6.01. The van der Waals surface area contributed by atoms with Gasteiger partial charge in [0.15, 0.2) is 0 Å². The zero-order chi connectivity index (χ0) is 22.2. The van der Waals surface area contributed by atoms with E-state index in [4.69, 9.17) is 0 Å². The van der Waals surface area contributed by atoms with Crippen LogP contribution in [0.3, 0.4) is 0 Å². The van der Waals surface area contributed by atoms with Crippen LogP contribution in [0.2, 0.25) is 0 Å². The van der Waals surface area contributed by atoms with Gasteiger partial charge < -0.3 is 10.0 Å². The summed E-state index contributed by atoms with van der Waals surface area (Å²) in [6, 6.07) is 13.6. The Labute approximate surface area is 181 Å². The second kappa shape index (κ2) is 7.96. The van der Waals surface area contributed by atoms with Gasteiger partial charge in [-0.15, -0.1) is 0 Å². The van der Waals surface area contributed by atoms with E-state index in [1.54, 1.807) is 17.1 Å². The highest BCUT2D eigenvalue weighted by atomic mass is 16.6. The average molecular weight is 416 g/mol. The maximum Gasteiger partial charge on any atom is 0.255 e. The van der Waals surface area contributed by atoms with E-state index in [1.807, 2.05) is 62.4 Å². The van der Waals surface area contributed by atoms with E-state index in [9.17, 15) is 20.0 Å². The molecule has 0 radical (unpaired) electrons. The van der Waals surface area contributed by atoms with E-state index in [0.717, 1.165) is 27.8 Å².